The lowest BCUT2D eigenvalue weighted by Crippen LogP contribution is -2.52. The van der Waals surface area contributed by atoms with Gasteiger partial charge in [0.1, 0.15) is 11.6 Å². The first-order chi connectivity index (χ1) is 15.1. The molecular formula is C24H31N3O5. The van der Waals surface area contributed by atoms with E-state index in [2.05, 4.69) is 16.7 Å². The molecule has 1 saturated heterocycles. The quantitative estimate of drug-likeness (QED) is 0.684. The highest BCUT2D eigenvalue weighted by Crippen LogP contribution is 2.46. The van der Waals surface area contributed by atoms with Crippen molar-refractivity contribution in [2.45, 2.75) is 77.0 Å². The minimum absolute atomic E-state index is 0.131. The van der Waals surface area contributed by atoms with Crippen LogP contribution in [-0.2, 0) is 20.9 Å². The van der Waals surface area contributed by atoms with Crippen LogP contribution < -0.4 is 10.6 Å². The topological polar surface area (TPSA) is 105 Å². The molecule has 2 heterocycles. The Morgan fingerprint density at radius 2 is 1.97 bits per heavy atom. The normalized spacial score (nSPS) is 25.2. The lowest BCUT2D eigenvalue weighted by atomic mass is 9.69. The smallest absolute Gasteiger partial charge is 0.407 e. The average molecular weight is 442 g/mol. The van der Waals surface area contributed by atoms with E-state index in [1.54, 1.807) is 4.90 Å². The van der Waals surface area contributed by atoms with Crippen molar-refractivity contribution in [3.63, 3.8) is 0 Å². The number of fused-ring (bicyclic) bond motifs is 1. The molecule has 8 heteroatoms. The number of imide groups is 1. The number of ether oxygens (including phenoxy) is 1. The van der Waals surface area contributed by atoms with E-state index in [9.17, 15) is 19.2 Å². The zero-order chi connectivity index (χ0) is 23.0. The summed E-state index contributed by atoms with van der Waals surface area (Å²) in [5.74, 6) is 0.108. The van der Waals surface area contributed by atoms with Crippen molar-refractivity contribution in [3.8, 4) is 0 Å². The molecule has 2 fully saturated rings. The van der Waals surface area contributed by atoms with Gasteiger partial charge < -0.3 is 15.0 Å². The van der Waals surface area contributed by atoms with Crippen LogP contribution in [0, 0.1) is 5.92 Å². The Morgan fingerprint density at radius 3 is 2.66 bits per heavy atom. The summed E-state index contributed by atoms with van der Waals surface area (Å²) in [5, 5.41) is 5.16. The SMILES string of the molecule is CC(C)(C)OC(=O)NCCC1CC(c2cccc3c2CN(C2CCC(=O)NC2=O)C3=O)C1. The number of benzene rings is 1. The monoisotopic (exact) mass is 441 g/mol. The van der Waals surface area contributed by atoms with Crippen LogP contribution in [0.25, 0.3) is 0 Å². The first-order valence-corrected chi connectivity index (χ1v) is 11.4. The number of rotatable bonds is 5. The number of piperidine rings is 1. The average Bonchev–Trinajstić information content (AvgIpc) is 2.99. The van der Waals surface area contributed by atoms with Gasteiger partial charge in [-0.15, -0.1) is 0 Å². The number of amides is 4. The molecule has 2 N–H and O–H groups in total. The van der Waals surface area contributed by atoms with Gasteiger partial charge in [0.05, 0.1) is 0 Å². The van der Waals surface area contributed by atoms with Crippen molar-refractivity contribution >= 4 is 23.8 Å². The third kappa shape index (κ3) is 4.64. The molecule has 2 aliphatic heterocycles. The first-order valence-electron chi connectivity index (χ1n) is 11.4. The lowest BCUT2D eigenvalue weighted by Gasteiger charge is -2.37. The number of alkyl carbamates (subject to hydrolysis) is 1. The molecule has 0 bridgehead atoms. The maximum absolute atomic E-state index is 13.0. The Morgan fingerprint density at radius 1 is 1.22 bits per heavy atom. The molecule has 0 spiro atoms. The Hall–Kier alpha value is -2.90. The summed E-state index contributed by atoms with van der Waals surface area (Å²) in [6.45, 7) is 6.52. The number of carbonyl (C=O) groups excluding carboxylic acids is 4. The van der Waals surface area contributed by atoms with Crippen molar-refractivity contribution < 1.29 is 23.9 Å². The highest BCUT2D eigenvalue weighted by Gasteiger charge is 2.41. The summed E-state index contributed by atoms with van der Waals surface area (Å²) >= 11 is 0. The summed E-state index contributed by atoms with van der Waals surface area (Å²) in [4.78, 5) is 50.1. The standard InChI is InChI=1S/C24H31N3O5/c1-24(2,3)32-23(31)25-10-9-14-11-15(12-14)16-5-4-6-17-18(16)13-27(22(17)30)19-7-8-20(28)26-21(19)29/h4-6,14-15,19H,7-13H2,1-3H3,(H,25,31)(H,26,28,29). The fourth-order valence-electron chi connectivity index (χ4n) is 4.91. The van der Waals surface area contributed by atoms with Gasteiger partial charge in [-0.3, -0.25) is 19.7 Å². The second kappa shape index (κ2) is 8.56. The molecule has 0 aromatic heterocycles. The van der Waals surface area contributed by atoms with Gasteiger partial charge in [-0.1, -0.05) is 12.1 Å². The van der Waals surface area contributed by atoms with Crippen LogP contribution >= 0.6 is 0 Å². The van der Waals surface area contributed by atoms with Crippen LogP contribution in [-0.4, -0.2) is 46.9 Å². The van der Waals surface area contributed by atoms with Crippen LogP contribution in [0.15, 0.2) is 18.2 Å². The number of carbonyl (C=O) groups is 4. The van der Waals surface area contributed by atoms with Gasteiger partial charge in [-0.05, 0) is 75.5 Å². The molecular weight excluding hydrogens is 410 g/mol. The van der Waals surface area contributed by atoms with Crippen molar-refractivity contribution in [2.24, 2.45) is 5.92 Å². The van der Waals surface area contributed by atoms with E-state index >= 15 is 0 Å². The fraction of sp³-hybridized carbons (Fsp3) is 0.583. The molecule has 3 aliphatic rings. The van der Waals surface area contributed by atoms with Crippen molar-refractivity contribution in [1.29, 1.82) is 0 Å². The van der Waals surface area contributed by atoms with E-state index in [0.29, 0.717) is 36.9 Å². The molecule has 1 unspecified atom stereocenters. The summed E-state index contributed by atoms with van der Waals surface area (Å²) < 4.78 is 5.26. The van der Waals surface area contributed by atoms with E-state index in [0.717, 1.165) is 24.8 Å². The second-order valence-electron chi connectivity index (χ2n) is 10.0. The predicted molar refractivity (Wildman–Crippen MR) is 117 cm³/mol. The van der Waals surface area contributed by atoms with Crippen LogP contribution in [0.1, 0.15) is 80.3 Å². The van der Waals surface area contributed by atoms with Gasteiger partial charge in [0.15, 0.2) is 0 Å². The van der Waals surface area contributed by atoms with Crippen molar-refractivity contribution in [2.75, 3.05) is 6.54 Å². The van der Waals surface area contributed by atoms with E-state index in [1.807, 2.05) is 32.9 Å². The summed E-state index contributed by atoms with van der Waals surface area (Å²) in [6, 6.07) is 5.24. The third-order valence-corrected chi connectivity index (χ3v) is 6.51. The molecule has 32 heavy (non-hydrogen) atoms. The number of hydrogen-bond acceptors (Lipinski definition) is 5. The van der Waals surface area contributed by atoms with Gasteiger partial charge in [0.25, 0.3) is 5.91 Å². The number of nitrogens with one attached hydrogen (secondary N) is 2. The zero-order valence-corrected chi connectivity index (χ0v) is 18.9. The zero-order valence-electron chi connectivity index (χ0n) is 18.9. The maximum atomic E-state index is 13.0. The van der Waals surface area contributed by atoms with Gasteiger partial charge in [-0.25, -0.2) is 4.79 Å². The fourth-order valence-corrected chi connectivity index (χ4v) is 4.91. The maximum Gasteiger partial charge on any atom is 0.407 e. The highest BCUT2D eigenvalue weighted by molar-refractivity contribution is 6.05. The van der Waals surface area contributed by atoms with Crippen LogP contribution in [0.5, 0.6) is 0 Å². The number of nitrogens with zero attached hydrogens (tertiary/aromatic N) is 1. The molecule has 4 rings (SSSR count). The minimum atomic E-state index is -0.589. The van der Waals surface area contributed by atoms with Gasteiger partial charge in [0.2, 0.25) is 11.8 Å². The molecule has 0 radical (unpaired) electrons. The van der Waals surface area contributed by atoms with Crippen molar-refractivity contribution in [1.82, 2.24) is 15.5 Å². The molecule has 1 aromatic rings. The molecule has 172 valence electrons. The largest absolute Gasteiger partial charge is 0.444 e. The van der Waals surface area contributed by atoms with E-state index in [4.69, 9.17) is 4.74 Å². The minimum Gasteiger partial charge on any atom is -0.444 e. The molecule has 1 aliphatic carbocycles. The highest BCUT2D eigenvalue weighted by atomic mass is 16.6. The van der Waals surface area contributed by atoms with Crippen LogP contribution in [0.2, 0.25) is 0 Å². The summed E-state index contributed by atoms with van der Waals surface area (Å²) in [5.41, 5.74) is 2.36. The Bertz CT molecular complexity index is 945. The van der Waals surface area contributed by atoms with Gasteiger partial charge in [-0.2, -0.15) is 0 Å². The summed E-state index contributed by atoms with van der Waals surface area (Å²) in [7, 11) is 0. The van der Waals surface area contributed by atoms with Crippen molar-refractivity contribution in [3.05, 3.63) is 34.9 Å². The summed E-state index contributed by atoms with van der Waals surface area (Å²) in [6.07, 6.45) is 3.16. The molecule has 1 aromatic carbocycles. The number of hydrogen-bond donors (Lipinski definition) is 2. The van der Waals surface area contributed by atoms with Gasteiger partial charge in [0, 0.05) is 25.1 Å². The second-order valence-corrected chi connectivity index (χ2v) is 10.0. The molecule has 4 amide bonds. The Kier molecular flexibility index (Phi) is 5.97. The van der Waals surface area contributed by atoms with Gasteiger partial charge >= 0.3 is 6.09 Å². The Balaban J connectivity index is 1.33. The Labute approximate surface area is 188 Å². The molecule has 8 nitrogen and oxygen atoms in total. The molecule has 1 atom stereocenters. The van der Waals surface area contributed by atoms with E-state index in [-0.39, 0.29) is 30.2 Å². The van der Waals surface area contributed by atoms with Crippen LogP contribution in [0.4, 0.5) is 4.79 Å². The van der Waals surface area contributed by atoms with E-state index in [1.165, 1.54) is 5.56 Å². The molecule has 1 saturated carbocycles. The van der Waals surface area contributed by atoms with E-state index < -0.39 is 11.6 Å². The first kappa shape index (κ1) is 22.3. The third-order valence-electron chi connectivity index (χ3n) is 6.51. The van der Waals surface area contributed by atoms with Crippen LogP contribution in [0.3, 0.4) is 0 Å². The lowest BCUT2D eigenvalue weighted by molar-refractivity contribution is -0.136. The predicted octanol–water partition coefficient (Wildman–Crippen LogP) is 2.86.